The number of carboxylic acids is 1. The molecule has 0 aliphatic heterocycles. The Hall–Kier alpha value is -2.56. The van der Waals surface area contributed by atoms with Gasteiger partial charge in [-0.25, -0.2) is 4.79 Å². The molecule has 98 valence electrons. The summed E-state index contributed by atoms with van der Waals surface area (Å²) in [5, 5.41) is 9.74. The average Bonchev–Trinajstić information content (AvgIpc) is 2.80. The molecule has 1 heterocycles. The largest absolute Gasteiger partial charge is 0.481 e. The Morgan fingerprint density at radius 1 is 1.37 bits per heavy atom. The van der Waals surface area contributed by atoms with E-state index in [0.29, 0.717) is 0 Å². The third kappa shape index (κ3) is 2.82. The molecule has 5 nitrogen and oxygen atoms in total. The van der Waals surface area contributed by atoms with Gasteiger partial charge in [0.1, 0.15) is 0 Å². The van der Waals surface area contributed by atoms with E-state index in [1.165, 1.54) is 7.11 Å². The van der Waals surface area contributed by atoms with Crippen LogP contribution in [0.25, 0.3) is 17.0 Å². The van der Waals surface area contributed by atoms with Crippen LogP contribution in [0, 0.1) is 0 Å². The van der Waals surface area contributed by atoms with E-state index < -0.39 is 11.9 Å². The van der Waals surface area contributed by atoms with E-state index in [2.05, 4.69) is 9.72 Å². The number of aromatic amines is 1. The van der Waals surface area contributed by atoms with Crippen molar-refractivity contribution in [2.45, 2.75) is 6.42 Å². The highest BCUT2D eigenvalue weighted by molar-refractivity contribution is 6.00. The van der Waals surface area contributed by atoms with Crippen molar-refractivity contribution in [1.29, 1.82) is 0 Å². The molecule has 5 heteroatoms. The van der Waals surface area contributed by atoms with Crippen LogP contribution in [0.15, 0.2) is 36.0 Å². The van der Waals surface area contributed by atoms with Crippen molar-refractivity contribution >= 4 is 28.9 Å². The van der Waals surface area contributed by atoms with Gasteiger partial charge < -0.3 is 14.8 Å². The van der Waals surface area contributed by atoms with Crippen LogP contribution in [-0.2, 0) is 14.3 Å². The third-order valence-electron chi connectivity index (χ3n) is 2.74. The zero-order chi connectivity index (χ0) is 13.8. The van der Waals surface area contributed by atoms with Gasteiger partial charge in [0.15, 0.2) is 0 Å². The van der Waals surface area contributed by atoms with Crippen molar-refractivity contribution in [2.24, 2.45) is 0 Å². The minimum Gasteiger partial charge on any atom is -0.481 e. The molecule has 1 aromatic heterocycles. The Morgan fingerprint density at radius 3 is 2.79 bits per heavy atom. The maximum atomic E-state index is 11.5. The number of ether oxygens (including phenoxy) is 1. The number of hydrogen-bond donors (Lipinski definition) is 2. The quantitative estimate of drug-likeness (QED) is 0.651. The van der Waals surface area contributed by atoms with Crippen LogP contribution >= 0.6 is 0 Å². The first-order valence-electron chi connectivity index (χ1n) is 5.68. The fraction of sp³-hybridized carbons (Fsp3) is 0.143. The third-order valence-corrected chi connectivity index (χ3v) is 2.74. The Labute approximate surface area is 109 Å². The minimum atomic E-state index is -1.07. The molecule has 2 N–H and O–H groups in total. The highest BCUT2D eigenvalue weighted by Gasteiger charge is 2.14. The number of carboxylic acid groups (broad SMARTS) is 1. The zero-order valence-electron chi connectivity index (χ0n) is 10.3. The van der Waals surface area contributed by atoms with Crippen LogP contribution in [0.3, 0.4) is 0 Å². The standard InChI is InChI=1S/C14H13NO4/c1-19-14(18)9(7-13(16)17)6-10-8-15-12-5-3-2-4-11(10)12/h2-6,8,15H,7H2,1H3,(H,16,17)/b9-6+. The maximum absolute atomic E-state index is 11.5. The molecule has 0 aliphatic rings. The summed E-state index contributed by atoms with van der Waals surface area (Å²) in [5.41, 5.74) is 1.80. The maximum Gasteiger partial charge on any atom is 0.334 e. The van der Waals surface area contributed by atoms with Gasteiger partial charge in [-0.2, -0.15) is 0 Å². The number of fused-ring (bicyclic) bond motifs is 1. The lowest BCUT2D eigenvalue weighted by molar-refractivity contribution is -0.141. The molecular formula is C14H13NO4. The number of carbonyl (C=O) groups excluding carboxylic acids is 1. The summed E-state index contributed by atoms with van der Waals surface area (Å²) in [6.07, 6.45) is 2.90. The molecule has 2 aromatic rings. The molecule has 0 spiro atoms. The van der Waals surface area contributed by atoms with Crippen LogP contribution in [0.1, 0.15) is 12.0 Å². The summed E-state index contributed by atoms with van der Waals surface area (Å²) in [5.74, 6) is -1.70. The zero-order valence-corrected chi connectivity index (χ0v) is 10.3. The van der Waals surface area contributed by atoms with Gasteiger partial charge in [0.05, 0.1) is 13.5 Å². The van der Waals surface area contributed by atoms with Gasteiger partial charge in [-0.1, -0.05) is 18.2 Å². The number of benzene rings is 1. The Balaban J connectivity index is 2.45. The smallest absolute Gasteiger partial charge is 0.334 e. The number of aromatic nitrogens is 1. The van der Waals surface area contributed by atoms with Crippen LogP contribution in [0.2, 0.25) is 0 Å². The Morgan fingerprint density at radius 2 is 2.11 bits per heavy atom. The van der Waals surface area contributed by atoms with Crippen LogP contribution in [0.4, 0.5) is 0 Å². The second-order valence-electron chi connectivity index (χ2n) is 4.02. The van der Waals surface area contributed by atoms with Gasteiger partial charge >= 0.3 is 11.9 Å². The number of carbonyl (C=O) groups is 2. The molecule has 0 bridgehead atoms. The summed E-state index contributed by atoms with van der Waals surface area (Å²) in [7, 11) is 1.23. The van der Waals surface area contributed by atoms with Crippen molar-refractivity contribution in [3.63, 3.8) is 0 Å². The lowest BCUT2D eigenvalue weighted by Gasteiger charge is -2.02. The number of hydrogen-bond acceptors (Lipinski definition) is 3. The normalized spacial score (nSPS) is 11.5. The predicted octanol–water partition coefficient (Wildman–Crippen LogP) is 2.20. The number of esters is 1. The summed E-state index contributed by atoms with van der Waals surface area (Å²) in [4.78, 5) is 25.4. The number of nitrogens with one attached hydrogen (secondary N) is 1. The van der Waals surface area contributed by atoms with E-state index in [1.807, 2.05) is 24.3 Å². The Kier molecular flexibility index (Phi) is 3.66. The number of para-hydroxylation sites is 1. The number of methoxy groups -OCH3 is 1. The van der Waals surface area contributed by atoms with E-state index in [0.717, 1.165) is 16.5 Å². The van der Waals surface area contributed by atoms with Crippen molar-refractivity contribution < 1.29 is 19.4 Å². The first kappa shape index (κ1) is 12.9. The van der Waals surface area contributed by atoms with Gasteiger partial charge in [0, 0.05) is 28.2 Å². The molecule has 0 fully saturated rings. The van der Waals surface area contributed by atoms with E-state index in [4.69, 9.17) is 5.11 Å². The molecule has 1 aromatic carbocycles. The lowest BCUT2D eigenvalue weighted by atomic mass is 10.1. The van der Waals surface area contributed by atoms with Gasteiger partial charge in [-0.05, 0) is 12.1 Å². The summed E-state index contributed by atoms with van der Waals surface area (Å²) in [6, 6.07) is 7.57. The molecule has 19 heavy (non-hydrogen) atoms. The van der Waals surface area contributed by atoms with E-state index in [1.54, 1.807) is 12.3 Å². The van der Waals surface area contributed by atoms with Gasteiger partial charge in [0.25, 0.3) is 0 Å². The molecule has 0 saturated carbocycles. The second-order valence-corrected chi connectivity index (χ2v) is 4.02. The molecule has 0 amide bonds. The summed E-state index contributed by atoms with van der Waals surface area (Å²) >= 11 is 0. The molecule has 0 unspecified atom stereocenters. The molecule has 0 saturated heterocycles. The molecule has 0 radical (unpaired) electrons. The monoisotopic (exact) mass is 259 g/mol. The lowest BCUT2D eigenvalue weighted by Crippen LogP contribution is -2.09. The van der Waals surface area contributed by atoms with E-state index >= 15 is 0 Å². The minimum absolute atomic E-state index is 0.111. The van der Waals surface area contributed by atoms with Gasteiger partial charge in [-0.15, -0.1) is 0 Å². The number of H-pyrrole nitrogens is 1. The van der Waals surface area contributed by atoms with Crippen LogP contribution in [0.5, 0.6) is 0 Å². The molecule has 2 rings (SSSR count). The van der Waals surface area contributed by atoms with Crippen molar-refractivity contribution in [2.75, 3.05) is 7.11 Å². The van der Waals surface area contributed by atoms with E-state index in [-0.39, 0.29) is 12.0 Å². The first-order chi connectivity index (χ1) is 9.11. The SMILES string of the molecule is COC(=O)/C(=C/c1c[nH]c2ccccc12)CC(=O)O. The van der Waals surface area contributed by atoms with Crippen LogP contribution < -0.4 is 0 Å². The average molecular weight is 259 g/mol. The van der Waals surface area contributed by atoms with Crippen molar-refractivity contribution in [3.05, 3.63) is 41.6 Å². The van der Waals surface area contributed by atoms with Crippen molar-refractivity contribution in [1.82, 2.24) is 4.98 Å². The Bertz CT molecular complexity index is 654. The van der Waals surface area contributed by atoms with Crippen molar-refractivity contribution in [3.8, 4) is 0 Å². The van der Waals surface area contributed by atoms with Gasteiger partial charge in [-0.3, -0.25) is 4.79 Å². The number of aliphatic carboxylic acids is 1. The topological polar surface area (TPSA) is 79.4 Å². The van der Waals surface area contributed by atoms with Crippen LogP contribution in [-0.4, -0.2) is 29.1 Å². The predicted molar refractivity (Wildman–Crippen MR) is 70.5 cm³/mol. The number of rotatable bonds is 4. The summed E-state index contributed by atoms with van der Waals surface area (Å²) in [6.45, 7) is 0. The second kappa shape index (κ2) is 5.39. The summed E-state index contributed by atoms with van der Waals surface area (Å²) < 4.78 is 4.59. The fourth-order valence-electron chi connectivity index (χ4n) is 1.88. The highest BCUT2D eigenvalue weighted by Crippen LogP contribution is 2.21. The molecular weight excluding hydrogens is 246 g/mol. The highest BCUT2D eigenvalue weighted by atomic mass is 16.5. The molecule has 0 atom stereocenters. The fourth-order valence-corrected chi connectivity index (χ4v) is 1.88. The first-order valence-corrected chi connectivity index (χ1v) is 5.68. The molecule has 0 aliphatic carbocycles. The van der Waals surface area contributed by atoms with Gasteiger partial charge in [0.2, 0.25) is 0 Å². The van der Waals surface area contributed by atoms with E-state index in [9.17, 15) is 9.59 Å².